The number of para-hydroxylation sites is 2. The highest BCUT2D eigenvalue weighted by molar-refractivity contribution is 6.21. The lowest BCUT2D eigenvalue weighted by molar-refractivity contribution is 0.600. The molecule has 0 radical (unpaired) electrons. The van der Waals surface area contributed by atoms with Gasteiger partial charge in [-0.15, -0.1) is 0 Å². The van der Waals surface area contributed by atoms with Gasteiger partial charge in [0.2, 0.25) is 0 Å². The third-order valence-corrected chi connectivity index (χ3v) is 16.3. The summed E-state index contributed by atoms with van der Waals surface area (Å²) in [7, 11) is 0. The molecular formula is C65H51NO2. The molecule has 68 heavy (non-hydrogen) atoms. The van der Waals surface area contributed by atoms with Gasteiger partial charge in [0.15, 0.2) is 0 Å². The third kappa shape index (κ3) is 5.04. The number of anilines is 3. The molecule has 0 fully saturated rings. The number of aryl methyl sites for hydroxylation is 2. The molecule has 0 amide bonds. The van der Waals surface area contributed by atoms with E-state index in [0.717, 1.165) is 50.3 Å². The molecule has 0 saturated heterocycles. The maximum atomic E-state index is 7.04. The standard InChI is InChI=1S/C65H51NO2/c1-36-24-26-39(27-25-36)66(40-28-30-43-49(33-40)63(3,4)51-35-47(38-17-15-16-37(2)32-38)61-56(54(43)51)45-19-10-13-22-52(45)67-61)41-29-31-44-50(34-41)65(7,8)60-58(44)62-57(46-20-11-14-23-53(46)68-62)55-42-18-9-12-21-48(42)64(5,6)59(55)60/h9-35H,1-8H3. The molecule has 3 heteroatoms. The van der Waals surface area contributed by atoms with Gasteiger partial charge >= 0.3 is 0 Å². The first-order valence-corrected chi connectivity index (χ1v) is 24.2. The van der Waals surface area contributed by atoms with Gasteiger partial charge < -0.3 is 13.7 Å². The largest absolute Gasteiger partial charge is 0.455 e. The summed E-state index contributed by atoms with van der Waals surface area (Å²) in [6.45, 7) is 18.9. The quantitative estimate of drug-likeness (QED) is 0.176. The number of furan rings is 2. The Kier molecular flexibility index (Phi) is 7.73. The fraction of sp³-hybridized carbons (Fsp3) is 0.169. The zero-order chi connectivity index (χ0) is 46.2. The lowest BCUT2D eigenvalue weighted by Crippen LogP contribution is -2.24. The van der Waals surface area contributed by atoms with E-state index >= 15 is 0 Å². The van der Waals surface area contributed by atoms with E-state index in [4.69, 9.17) is 8.83 Å². The summed E-state index contributed by atoms with van der Waals surface area (Å²) in [5.74, 6) is 0. The summed E-state index contributed by atoms with van der Waals surface area (Å²) in [6, 6.07) is 60.8. The van der Waals surface area contributed by atoms with Crippen LogP contribution in [0.25, 0.3) is 88.4 Å². The number of nitrogens with zero attached hydrogens (tertiary/aromatic N) is 1. The zero-order valence-corrected chi connectivity index (χ0v) is 39.9. The van der Waals surface area contributed by atoms with Crippen LogP contribution >= 0.6 is 0 Å². The van der Waals surface area contributed by atoms with Crippen LogP contribution in [0.15, 0.2) is 173 Å². The Labute approximate surface area is 397 Å². The molecule has 0 atom stereocenters. The van der Waals surface area contributed by atoms with Gasteiger partial charge in [0.25, 0.3) is 0 Å². The average Bonchev–Trinajstić information content (AvgIpc) is 4.09. The highest BCUT2D eigenvalue weighted by Gasteiger charge is 2.49. The first-order chi connectivity index (χ1) is 32.8. The maximum Gasteiger partial charge on any atom is 0.144 e. The van der Waals surface area contributed by atoms with Crippen LogP contribution in [0.2, 0.25) is 0 Å². The molecule has 0 unspecified atom stereocenters. The molecule has 0 saturated carbocycles. The van der Waals surface area contributed by atoms with Crippen molar-refractivity contribution in [1.82, 2.24) is 0 Å². The van der Waals surface area contributed by atoms with Crippen molar-refractivity contribution in [2.24, 2.45) is 0 Å². The second-order valence-electron chi connectivity index (χ2n) is 21.4. The number of hydrogen-bond donors (Lipinski definition) is 0. The topological polar surface area (TPSA) is 29.5 Å². The van der Waals surface area contributed by atoms with E-state index in [9.17, 15) is 0 Å². The molecule has 0 spiro atoms. The van der Waals surface area contributed by atoms with E-state index in [-0.39, 0.29) is 16.2 Å². The second kappa shape index (κ2) is 13.3. The molecular weight excluding hydrogens is 827 g/mol. The van der Waals surface area contributed by atoms with Crippen LogP contribution in [-0.4, -0.2) is 0 Å². The molecule has 0 aliphatic heterocycles. The fourth-order valence-electron chi connectivity index (χ4n) is 13.0. The minimum Gasteiger partial charge on any atom is -0.455 e. The third-order valence-electron chi connectivity index (χ3n) is 16.3. The van der Waals surface area contributed by atoms with E-state index in [2.05, 4.69) is 224 Å². The van der Waals surface area contributed by atoms with E-state index in [1.54, 1.807) is 0 Å². The van der Waals surface area contributed by atoms with E-state index < -0.39 is 0 Å². The number of fused-ring (bicyclic) bond motifs is 19. The molecule has 328 valence electrons. The van der Waals surface area contributed by atoms with Crippen LogP contribution in [0.4, 0.5) is 17.1 Å². The monoisotopic (exact) mass is 877 g/mol. The molecule has 3 aliphatic carbocycles. The van der Waals surface area contributed by atoms with Gasteiger partial charge in [-0.3, -0.25) is 0 Å². The smallest absolute Gasteiger partial charge is 0.144 e. The summed E-state index contributed by atoms with van der Waals surface area (Å²) in [5.41, 5.74) is 27.0. The summed E-state index contributed by atoms with van der Waals surface area (Å²) in [4.78, 5) is 2.47. The van der Waals surface area contributed by atoms with Crippen molar-refractivity contribution in [2.45, 2.75) is 71.6 Å². The highest BCUT2D eigenvalue weighted by Crippen LogP contribution is 2.64. The zero-order valence-electron chi connectivity index (χ0n) is 39.9. The van der Waals surface area contributed by atoms with Crippen molar-refractivity contribution in [3.05, 3.63) is 208 Å². The van der Waals surface area contributed by atoms with Gasteiger partial charge in [-0.05, 0) is 135 Å². The Bertz CT molecular complexity index is 4020. The molecule has 9 aromatic carbocycles. The van der Waals surface area contributed by atoms with Crippen LogP contribution in [0.1, 0.15) is 86.1 Å². The Morgan fingerprint density at radius 2 is 0.912 bits per heavy atom. The van der Waals surface area contributed by atoms with Gasteiger partial charge in [0.1, 0.15) is 22.3 Å². The molecule has 14 rings (SSSR count). The highest BCUT2D eigenvalue weighted by atomic mass is 16.3. The van der Waals surface area contributed by atoms with Crippen molar-refractivity contribution in [3.63, 3.8) is 0 Å². The van der Waals surface area contributed by atoms with Gasteiger partial charge in [0.05, 0.1) is 0 Å². The summed E-state index contributed by atoms with van der Waals surface area (Å²) in [5, 5.41) is 4.76. The number of rotatable bonds is 4. The molecule has 0 N–H and O–H groups in total. The molecule has 3 nitrogen and oxygen atoms in total. The lowest BCUT2D eigenvalue weighted by atomic mass is 9.72. The van der Waals surface area contributed by atoms with Gasteiger partial charge in [-0.25, -0.2) is 0 Å². The van der Waals surface area contributed by atoms with Gasteiger partial charge in [-0.2, -0.15) is 0 Å². The summed E-state index contributed by atoms with van der Waals surface area (Å²) >= 11 is 0. The molecule has 3 aliphatic rings. The Morgan fingerprint density at radius 1 is 0.368 bits per heavy atom. The van der Waals surface area contributed by atoms with E-state index in [1.165, 1.54) is 99.6 Å². The van der Waals surface area contributed by atoms with Crippen LogP contribution in [-0.2, 0) is 16.2 Å². The van der Waals surface area contributed by atoms with Crippen molar-refractivity contribution >= 4 is 60.9 Å². The van der Waals surface area contributed by atoms with Crippen LogP contribution in [0.5, 0.6) is 0 Å². The first kappa shape index (κ1) is 39.5. The normalized spacial score (nSPS) is 15.4. The lowest BCUT2D eigenvalue weighted by Gasteiger charge is -2.32. The first-order valence-electron chi connectivity index (χ1n) is 24.2. The molecule has 2 aromatic heterocycles. The average molecular weight is 878 g/mol. The fourth-order valence-corrected chi connectivity index (χ4v) is 13.0. The predicted octanol–water partition coefficient (Wildman–Crippen LogP) is 18.2. The molecule has 2 heterocycles. The van der Waals surface area contributed by atoms with Crippen molar-refractivity contribution in [3.8, 4) is 44.5 Å². The Balaban J connectivity index is 0.982. The Morgan fingerprint density at radius 3 is 1.60 bits per heavy atom. The summed E-state index contributed by atoms with van der Waals surface area (Å²) in [6.07, 6.45) is 0. The summed E-state index contributed by atoms with van der Waals surface area (Å²) < 4.78 is 13.9. The Hall–Kier alpha value is -7.62. The maximum absolute atomic E-state index is 7.04. The minimum atomic E-state index is -0.328. The SMILES string of the molecule is Cc1ccc(N(c2ccc3c(c2)C(C)(C)c2cc(-c4cccc(C)c4)c4oc5ccccc5c4c2-3)c2ccc3c(c2)C(C)(C)c2c4c(c5c(oc6ccccc65)c2-3)-c2ccccc2C4(C)C)cc1. The van der Waals surface area contributed by atoms with Crippen molar-refractivity contribution in [2.75, 3.05) is 4.90 Å². The van der Waals surface area contributed by atoms with Crippen LogP contribution < -0.4 is 4.90 Å². The molecule has 11 aromatic rings. The van der Waals surface area contributed by atoms with E-state index in [1.807, 2.05) is 0 Å². The van der Waals surface area contributed by atoms with Crippen LogP contribution in [0, 0.1) is 13.8 Å². The number of benzene rings is 9. The minimum absolute atomic E-state index is 0.206. The second-order valence-corrected chi connectivity index (χ2v) is 21.4. The van der Waals surface area contributed by atoms with Crippen LogP contribution in [0.3, 0.4) is 0 Å². The van der Waals surface area contributed by atoms with Crippen molar-refractivity contribution < 1.29 is 8.83 Å². The van der Waals surface area contributed by atoms with E-state index in [0.29, 0.717) is 0 Å². The van der Waals surface area contributed by atoms with Gasteiger partial charge in [0, 0.05) is 66.0 Å². The predicted molar refractivity (Wildman–Crippen MR) is 283 cm³/mol. The molecule has 0 bridgehead atoms. The van der Waals surface area contributed by atoms with Gasteiger partial charge in [-0.1, -0.05) is 162 Å². The van der Waals surface area contributed by atoms with Crippen molar-refractivity contribution in [1.29, 1.82) is 0 Å². The number of hydrogen-bond acceptors (Lipinski definition) is 3.